The molecule has 0 unspecified atom stereocenters. The van der Waals surface area contributed by atoms with Crippen LogP contribution >= 0.6 is 0 Å². The van der Waals surface area contributed by atoms with Gasteiger partial charge in [0.15, 0.2) is 0 Å². The Hall–Kier alpha value is -5.02. The van der Waals surface area contributed by atoms with E-state index in [4.69, 9.17) is 9.85 Å². The van der Waals surface area contributed by atoms with Crippen molar-refractivity contribution in [2.24, 2.45) is 12.7 Å². The first-order chi connectivity index (χ1) is 20.6. The number of H-pyrrole nitrogens is 1. The van der Waals surface area contributed by atoms with Crippen molar-refractivity contribution in [1.82, 2.24) is 14.1 Å². The van der Waals surface area contributed by atoms with E-state index in [9.17, 15) is 23.9 Å². The smallest absolute Gasteiger partial charge is 0.335 e. The van der Waals surface area contributed by atoms with E-state index in [-0.39, 0.29) is 16.6 Å². The molecule has 0 fully saturated rings. The van der Waals surface area contributed by atoms with Gasteiger partial charge in [0, 0.05) is 27.4 Å². The molecule has 0 saturated heterocycles. The third-order valence-corrected chi connectivity index (χ3v) is 7.59. The van der Waals surface area contributed by atoms with Crippen molar-refractivity contribution >= 4 is 38.6 Å². The molecular weight excluding hydrogens is 523 g/mol. The second-order valence-electron chi connectivity index (χ2n) is 10.6. The lowest BCUT2D eigenvalue weighted by Crippen LogP contribution is -2.38. The average molecular weight is 554 g/mol. The van der Waals surface area contributed by atoms with Crippen LogP contribution < -0.4 is 17.0 Å². The van der Waals surface area contributed by atoms with Gasteiger partial charge in [-0.15, -0.1) is 0 Å². The third kappa shape index (κ3) is 3.88. The second kappa shape index (κ2) is 9.00. The first kappa shape index (κ1) is 22.8. The van der Waals surface area contributed by atoms with Crippen molar-refractivity contribution in [2.75, 3.05) is 0 Å². The molecule has 0 aliphatic rings. The van der Waals surface area contributed by atoms with E-state index in [1.165, 1.54) is 18.2 Å². The number of aromatic nitrogens is 3. The van der Waals surface area contributed by atoms with Crippen LogP contribution in [0.4, 0.5) is 4.39 Å². The molecule has 0 aliphatic carbocycles. The van der Waals surface area contributed by atoms with Crippen LogP contribution in [0.25, 0.3) is 49.5 Å². The molecule has 0 saturated carbocycles. The van der Waals surface area contributed by atoms with Gasteiger partial charge < -0.3 is 15.8 Å². The van der Waals surface area contributed by atoms with Crippen LogP contribution in [-0.4, -0.2) is 25.1 Å². The number of rotatable bonds is 4. The largest absolute Gasteiger partial charge is 0.386 e. The predicted molar refractivity (Wildman–Crippen MR) is 158 cm³/mol. The first-order valence-electron chi connectivity index (χ1n) is 14.3. The minimum Gasteiger partial charge on any atom is -0.386 e. The summed E-state index contributed by atoms with van der Waals surface area (Å²) in [4.78, 5) is 43.1. The Morgan fingerprint density at radius 3 is 2.49 bits per heavy atom. The van der Waals surface area contributed by atoms with E-state index in [1.807, 2.05) is 6.07 Å². The molecule has 6 aromatic rings. The number of primary amides is 1. The Balaban J connectivity index is 1.69. The molecule has 0 aliphatic heterocycles. The number of aliphatic hydroxyl groups is 1. The highest BCUT2D eigenvalue weighted by Crippen LogP contribution is 2.39. The van der Waals surface area contributed by atoms with Crippen LogP contribution in [0.2, 0.25) is 0 Å². The van der Waals surface area contributed by atoms with Gasteiger partial charge in [-0.3, -0.25) is 14.2 Å². The zero-order chi connectivity index (χ0) is 31.9. The van der Waals surface area contributed by atoms with Crippen molar-refractivity contribution in [3.05, 3.63) is 110 Å². The van der Waals surface area contributed by atoms with Crippen molar-refractivity contribution in [1.29, 1.82) is 0 Å². The molecule has 6 rings (SSSR count). The Labute approximate surface area is 237 Å². The van der Waals surface area contributed by atoms with E-state index in [1.54, 1.807) is 57.2 Å². The average Bonchev–Trinajstić information content (AvgIpc) is 3.32. The number of nitrogens with one attached hydrogen (secondary N) is 1. The summed E-state index contributed by atoms with van der Waals surface area (Å²) in [6.07, 6.45) is 0. The molecule has 0 spiro atoms. The maximum absolute atomic E-state index is 14.9. The molecule has 206 valence electrons. The second-order valence-corrected chi connectivity index (χ2v) is 10.6. The zero-order valence-corrected chi connectivity index (χ0v) is 22.4. The van der Waals surface area contributed by atoms with Crippen molar-refractivity contribution in [3.8, 4) is 16.8 Å². The summed E-state index contributed by atoms with van der Waals surface area (Å²) in [6, 6.07) is 17.1. The summed E-state index contributed by atoms with van der Waals surface area (Å²) >= 11 is 0. The normalized spacial score (nSPS) is 13.4. The van der Waals surface area contributed by atoms with E-state index in [0.717, 1.165) is 16.0 Å². The number of carbonyl (C=O) groups excluding carboxylic acids is 1. The number of carbonyl (C=O) groups is 1. The van der Waals surface area contributed by atoms with Crippen LogP contribution in [0.1, 0.15) is 39.4 Å². The van der Waals surface area contributed by atoms with Crippen LogP contribution in [0.3, 0.4) is 0 Å². The standard InChI is InChI=1S/C32H27FN4O4/c1-16-18(7-6-10-25(16)37-30(39)22-8-5-9-23(33)28(22)36(4)31(37)40)19-13-14-21(29(34)38)27-26(19)20-12-11-17(32(2,3)41)15-24(20)35-27/h5-15,35,41H,1-4H3,(H2,34,38)/i4D3. The number of aromatic amines is 1. The number of nitrogens with zero attached hydrogens (tertiary/aromatic N) is 2. The van der Waals surface area contributed by atoms with E-state index >= 15 is 0 Å². The maximum Gasteiger partial charge on any atom is 0.335 e. The zero-order valence-electron chi connectivity index (χ0n) is 25.4. The highest BCUT2D eigenvalue weighted by atomic mass is 19.1. The van der Waals surface area contributed by atoms with Crippen LogP contribution in [0.15, 0.2) is 76.3 Å². The minimum absolute atomic E-state index is 0.109. The molecule has 2 aromatic heterocycles. The summed E-state index contributed by atoms with van der Waals surface area (Å²) in [6.45, 7) is 1.92. The number of hydrogen-bond acceptors (Lipinski definition) is 4. The number of para-hydroxylation sites is 1. The molecule has 41 heavy (non-hydrogen) atoms. The Bertz CT molecular complexity index is 2310. The minimum atomic E-state index is -3.08. The number of halogens is 1. The SMILES string of the molecule is [2H]C([2H])([2H])n1c(=O)n(-c2cccc(-c3ccc(C(N)=O)c4[nH]c5cc(C(C)(C)O)ccc5c34)c2C)c(=O)c2cccc(F)c21. The molecular formula is C32H27FN4O4. The molecule has 4 N–H and O–H groups in total. The number of fused-ring (bicyclic) bond motifs is 4. The highest BCUT2D eigenvalue weighted by molar-refractivity contribution is 6.20. The van der Waals surface area contributed by atoms with Gasteiger partial charge in [-0.05, 0) is 73.4 Å². The van der Waals surface area contributed by atoms with E-state index < -0.39 is 41.1 Å². The van der Waals surface area contributed by atoms with Crippen molar-refractivity contribution in [2.45, 2.75) is 26.4 Å². The molecule has 9 heteroatoms. The molecule has 8 nitrogen and oxygen atoms in total. The number of aryl methyl sites for hydroxylation is 1. The van der Waals surface area contributed by atoms with Crippen LogP contribution in [0, 0.1) is 12.7 Å². The summed E-state index contributed by atoms with van der Waals surface area (Å²) in [5.41, 5.74) is 5.70. The quantitative estimate of drug-likeness (QED) is 0.291. The van der Waals surface area contributed by atoms with Gasteiger partial charge in [0.1, 0.15) is 5.82 Å². The van der Waals surface area contributed by atoms with Gasteiger partial charge >= 0.3 is 5.69 Å². The Kier molecular flexibility index (Phi) is 5.00. The molecule has 0 radical (unpaired) electrons. The lowest BCUT2D eigenvalue weighted by atomic mass is 9.92. The number of nitrogens with two attached hydrogens (primary N) is 1. The maximum atomic E-state index is 14.9. The summed E-state index contributed by atoms with van der Waals surface area (Å²) < 4.78 is 39.8. The molecule has 4 aromatic carbocycles. The lowest BCUT2D eigenvalue weighted by Gasteiger charge is -2.17. The van der Waals surface area contributed by atoms with Crippen molar-refractivity contribution in [3.63, 3.8) is 0 Å². The molecule has 2 heterocycles. The molecule has 0 atom stereocenters. The monoisotopic (exact) mass is 553 g/mol. The summed E-state index contributed by atoms with van der Waals surface area (Å²) in [5.74, 6) is -1.66. The fourth-order valence-corrected chi connectivity index (χ4v) is 5.51. The van der Waals surface area contributed by atoms with Gasteiger partial charge in [0.25, 0.3) is 11.5 Å². The fourth-order valence-electron chi connectivity index (χ4n) is 5.51. The van der Waals surface area contributed by atoms with Crippen LogP contribution in [-0.2, 0) is 12.6 Å². The van der Waals surface area contributed by atoms with E-state index in [2.05, 4.69) is 4.98 Å². The predicted octanol–water partition coefficient (Wildman–Crippen LogP) is 4.76. The highest BCUT2D eigenvalue weighted by Gasteiger charge is 2.22. The number of amides is 1. The topological polar surface area (TPSA) is 123 Å². The summed E-state index contributed by atoms with van der Waals surface area (Å²) in [5, 5.41) is 11.7. The Morgan fingerprint density at radius 1 is 1.02 bits per heavy atom. The number of benzene rings is 4. The fraction of sp³-hybridized carbons (Fsp3) is 0.156. The van der Waals surface area contributed by atoms with Gasteiger partial charge in [-0.25, -0.2) is 13.8 Å². The number of hydrogen-bond donors (Lipinski definition) is 3. The van der Waals surface area contributed by atoms with Gasteiger partial charge in [-0.2, -0.15) is 0 Å². The first-order valence-corrected chi connectivity index (χ1v) is 12.8. The molecule has 0 bridgehead atoms. The van der Waals surface area contributed by atoms with Crippen molar-refractivity contribution < 1.29 is 18.4 Å². The van der Waals surface area contributed by atoms with Gasteiger partial charge in [0.05, 0.1) is 33.3 Å². The summed E-state index contributed by atoms with van der Waals surface area (Å²) in [7, 11) is 0. The lowest BCUT2D eigenvalue weighted by molar-refractivity contribution is 0.0787. The van der Waals surface area contributed by atoms with Gasteiger partial charge in [-0.1, -0.05) is 36.4 Å². The van der Waals surface area contributed by atoms with Gasteiger partial charge in [0.2, 0.25) is 0 Å². The Morgan fingerprint density at radius 2 is 1.78 bits per heavy atom. The third-order valence-electron chi connectivity index (χ3n) is 7.59. The van der Waals surface area contributed by atoms with Crippen LogP contribution in [0.5, 0.6) is 0 Å². The van der Waals surface area contributed by atoms with E-state index in [0.29, 0.717) is 43.2 Å². The molecule has 1 amide bonds.